The highest BCUT2D eigenvalue weighted by molar-refractivity contribution is 6.00. The number of para-hydroxylation sites is 1. The molecule has 1 aromatic rings. The number of phenols is 1. The maximum Gasteiger partial charge on any atom is 0.243 e. The van der Waals surface area contributed by atoms with Crippen LogP contribution in [0.15, 0.2) is 18.2 Å². The number of imide groups is 1. The molecule has 1 aromatic carbocycles. The fourth-order valence-electron chi connectivity index (χ4n) is 2.10. The Kier molecular flexibility index (Phi) is 4.57. The maximum absolute atomic E-state index is 11.6. The van der Waals surface area contributed by atoms with Gasteiger partial charge in [-0.05, 0) is 19.4 Å². The third kappa shape index (κ3) is 3.27. The van der Waals surface area contributed by atoms with Gasteiger partial charge in [-0.2, -0.15) is 0 Å². The molecule has 20 heavy (non-hydrogen) atoms. The maximum atomic E-state index is 11.6. The van der Waals surface area contributed by atoms with Gasteiger partial charge in [-0.15, -0.1) is 0 Å². The van der Waals surface area contributed by atoms with Crippen molar-refractivity contribution in [3.05, 3.63) is 23.8 Å². The Hall–Kier alpha value is -2.08. The van der Waals surface area contributed by atoms with E-state index in [0.717, 1.165) is 0 Å². The summed E-state index contributed by atoms with van der Waals surface area (Å²) in [4.78, 5) is 22.6. The number of carbonyl (C=O) groups is 2. The Morgan fingerprint density at radius 3 is 2.95 bits per heavy atom. The highest BCUT2D eigenvalue weighted by Crippen LogP contribution is 2.29. The van der Waals surface area contributed by atoms with Crippen molar-refractivity contribution in [3.63, 3.8) is 0 Å². The lowest BCUT2D eigenvalue weighted by molar-refractivity contribution is -0.134. The number of piperidine rings is 1. The van der Waals surface area contributed by atoms with Crippen molar-refractivity contribution in [1.29, 1.82) is 0 Å². The second kappa shape index (κ2) is 6.38. The molecular formula is C14H18N2O4. The van der Waals surface area contributed by atoms with Gasteiger partial charge in [0.25, 0.3) is 0 Å². The van der Waals surface area contributed by atoms with E-state index in [1.807, 2.05) is 6.92 Å². The van der Waals surface area contributed by atoms with Gasteiger partial charge in [0.15, 0.2) is 11.5 Å². The number of rotatable bonds is 5. The molecule has 0 aromatic heterocycles. The molecule has 0 aliphatic carbocycles. The van der Waals surface area contributed by atoms with Gasteiger partial charge in [0.1, 0.15) is 0 Å². The van der Waals surface area contributed by atoms with Crippen LogP contribution in [0.4, 0.5) is 0 Å². The van der Waals surface area contributed by atoms with E-state index >= 15 is 0 Å². The number of phenolic OH excluding ortho intramolecular Hbond substituents is 1. The summed E-state index contributed by atoms with van der Waals surface area (Å²) in [5, 5.41) is 15.4. The molecule has 1 unspecified atom stereocenters. The van der Waals surface area contributed by atoms with Crippen molar-refractivity contribution in [2.45, 2.75) is 32.4 Å². The number of aromatic hydroxyl groups is 1. The van der Waals surface area contributed by atoms with E-state index in [-0.39, 0.29) is 17.6 Å². The van der Waals surface area contributed by atoms with Crippen molar-refractivity contribution in [3.8, 4) is 11.5 Å². The van der Waals surface area contributed by atoms with Crippen LogP contribution in [0.25, 0.3) is 0 Å². The fourth-order valence-corrected chi connectivity index (χ4v) is 2.10. The highest BCUT2D eigenvalue weighted by Gasteiger charge is 2.26. The summed E-state index contributed by atoms with van der Waals surface area (Å²) in [6.07, 6.45) is 0.797. The smallest absolute Gasteiger partial charge is 0.243 e. The Balaban J connectivity index is 1.99. The lowest BCUT2D eigenvalue weighted by atomic mass is 10.1. The zero-order chi connectivity index (χ0) is 14.5. The molecular weight excluding hydrogens is 260 g/mol. The van der Waals surface area contributed by atoms with E-state index in [0.29, 0.717) is 37.3 Å². The van der Waals surface area contributed by atoms with Crippen LogP contribution in [0, 0.1) is 0 Å². The third-order valence-electron chi connectivity index (χ3n) is 3.16. The third-order valence-corrected chi connectivity index (χ3v) is 3.16. The van der Waals surface area contributed by atoms with Crippen molar-refractivity contribution < 1.29 is 19.4 Å². The van der Waals surface area contributed by atoms with Crippen molar-refractivity contribution in [2.75, 3.05) is 6.61 Å². The zero-order valence-electron chi connectivity index (χ0n) is 11.3. The molecule has 0 bridgehead atoms. The molecule has 1 aliphatic rings. The minimum absolute atomic E-state index is 0.0779. The summed E-state index contributed by atoms with van der Waals surface area (Å²) in [7, 11) is 0. The van der Waals surface area contributed by atoms with Crippen LogP contribution in [0.2, 0.25) is 0 Å². The molecule has 2 amide bonds. The summed E-state index contributed by atoms with van der Waals surface area (Å²) in [5.74, 6) is -0.0554. The average Bonchev–Trinajstić information content (AvgIpc) is 2.42. The van der Waals surface area contributed by atoms with Crippen LogP contribution >= 0.6 is 0 Å². The van der Waals surface area contributed by atoms with Gasteiger partial charge in [0.2, 0.25) is 11.8 Å². The molecule has 0 radical (unpaired) electrons. The van der Waals surface area contributed by atoms with Gasteiger partial charge < -0.3 is 15.2 Å². The number of carbonyl (C=O) groups excluding carboxylic acids is 2. The molecule has 6 nitrogen and oxygen atoms in total. The first kappa shape index (κ1) is 14.3. The lowest BCUT2D eigenvalue weighted by Crippen LogP contribution is -2.50. The molecule has 1 atom stereocenters. The molecule has 0 saturated carbocycles. The van der Waals surface area contributed by atoms with Crippen LogP contribution in [0.3, 0.4) is 0 Å². The van der Waals surface area contributed by atoms with Gasteiger partial charge >= 0.3 is 0 Å². The fraction of sp³-hybridized carbons (Fsp3) is 0.429. The van der Waals surface area contributed by atoms with Gasteiger partial charge in [0.05, 0.1) is 12.6 Å². The first-order valence-corrected chi connectivity index (χ1v) is 6.62. The first-order valence-electron chi connectivity index (χ1n) is 6.62. The Bertz CT molecular complexity index is 516. The van der Waals surface area contributed by atoms with Crippen LogP contribution in [0.1, 0.15) is 25.3 Å². The summed E-state index contributed by atoms with van der Waals surface area (Å²) >= 11 is 0. The molecule has 1 aliphatic heterocycles. The molecule has 2 rings (SSSR count). The summed E-state index contributed by atoms with van der Waals surface area (Å²) in [6, 6.07) is 4.82. The first-order chi connectivity index (χ1) is 9.61. The Morgan fingerprint density at radius 2 is 2.25 bits per heavy atom. The summed E-state index contributed by atoms with van der Waals surface area (Å²) in [5.41, 5.74) is 0.653. The molecule has 1 heterocycles. The molecule has 0 spiro atoms. The largest absolute Gasteiger partial charge is 0.504 e. The van der Waals surface area contributed by atoms with Gasteiger partial charge in [-0.3, -0.25) is 14.9 Å². The number of ether oxygens (including phenoxy) is 1. The predicted octanol–water partition coefficient (Wildman–Crippen LogP) is 0.686. The van der Waals surface area contributed by atoms with Gasteiger partial charge in [0, 0.05) is 18.5 Å². The van der Waals surface area contributed by atoms with E-state index < -0.39 is 6.04 Å². The normalized spacial score (nSPS) is 18.8. The van der Waals surface area contributed by atoms with E-state index in [2.05, 4.69) is 10.6 Å². The number of amides is 2. The topological polar surface area (TPSA) is 87.7 Å². The molecule has 108 valence electrons. The van der Waals surface area contributed by atoms with E-state index in [9.17, 15) is 14.7 Å². The molecule has 6 heteroatoms. The monoisotopic (exact) mass is 278 g/mol. The van der Waals surface area contributed by atoms with Crippen molar-refractivity contribution >= 4 is 11.8 Å². The number of hydrogen-bond acceptors (Lipinski definition) is 5. The second-order valence-corrected chi connectivity index (χ2v) is 4.58. The minimum Gasteiger partial charge on any atom is -0.504 e. The van der Waals surface area contributed by atoms with Gasteiger partial charge in [-0.25, -0.2) is 0 Å². The zero-order valence-corrected chi connectivity index (χ0v) is 11.3. The molecule has 1 fully saturated rings. The van der Waals surface area contributed by atoms with E-state index in [1.54, 1.807) is 18.2 Å². The van der Waals surface area contributed by atoms with Crippen molar-refractivity contribution in [1.82, 2.24) is 10.6 Å². The van der Waals surface area contributed by atoms with Gasteiger partial charge in [-0.1, -0.05) is 12.1 Å². The number of benzene rings is 1. The average molecular weight is 278 g/mol. The Labute approximate surface area is 117 Å². The standard InChI is InChI=1S/C14H18N2O4/c1-2-20-11-5-3-4-9(13(11)18)8-15-10-6-7-12(17)16-14(10)19/h3-5,10,15,18H,2,6-8H2,1H3,(H,16,17,19). The van der Waals surface area contributed by atoms with Crippen LogP contribution in [0.5, 0.6) is 11.5 Å². The van der Waals surface area contributed by atoms with Crippen molar-refractivity contribution in [2.24, 2.45) is 0 Å². The SMILES string of the molecule is CCOc1cccc(CNC2CCC(=O)NC2=O)c1O. The summed E-state index contributed by atoms with van der Waals surface area (Å²) in [6.45, 7) is 2.64. The quantitative estimate of drug-likeness (QED) is 0.690. The van der Waals surface area contributed by atoms with E-state index in [4.69, 9.17) is 4.74 Å². The Morgan fingerprint density at radius 1 is 1.45 bits per heavy atom. The number of hydrogen-bond donors (Lipinski definition) is 3. The molecule has 3 N–H and O–H groups in total. The van der Waals surface area contributed by atoms with E-state index in [1.165, 1.54) is 0 Å². The number of nitrogens with one attached hydrogen (secondary N) is 2. The van der Waals surface area contributed by atoms with Crippen LogP contribution in [-0.4, -0.2) is 29.6 Å². The second-order valence-electron chi connectivity index (χ2n) is 4.58. The highest BCUT2D eigenvalue weighted by atomic mass is 16.5. The predicted molar refractivity (Wildman–Crippen MR) is 72.3 cm³/mol. The van der Waals surface area contributed by atoms with Crippen LogP contribution in [-0.2, 0) is 16.1 Å². The lowest BCUT2D eigenvalue weighted by Gasteiger charge is -2.22. The summed E-state index contributed by atoms with van der Waals surface area (Å²) < 4.78 is 5.30. The minimum atomic E-state index is -0.414. The molecule has 1 saturated heterocycles. The van der Waals surface area contributed by atoms with Crippen LogP contribution < -0.4 is 15.4 Å².